The molecule has 0 saturated heterocycles. The molecule has 2 N–H and O–H groups in total. The predicted molar refractivity (Wildman–Crippen MR) is 82.0 cm³/mol. The van der Waals surface area contributed by atoms with Crippen molar-refractivity contribution in [3.8, 4) is 0 Å². The third kappa shape index (κ3) is 3.74. The van der Waals surface area contributed by atoms with E-state index in [4.69, 9.17) is 0 Å². The van der Waals surface area contributed by atoms with Gasteiger partial charge in [0, 0.05) is 12.1 Å². The number of nitrogens with one attached hydrogen (secondary N) is 1. The largest absolute Gasteiger partial charge is 0.478 e. The minimum absolute atomic E-state index is 0.149. The van der Waals surface area contributed by atoms with Gasteiger partial charge in [-0.15, -0.1) is 0 Å². The summed E-state index contributed by atoms with van der Waals surface area (Å²) in [5.41, 5.74) is 2.56. The fraction of sp³-hybridized carbons (Fsp3) is 0.375. The molecule has 120 valence electrons. The molecule has 0 unspecified atom stereocenters. The first-order valence-electron chi connectivity index (χ1n) is 7.52. The highest BCUT2D eigenvalue weighted by atomic mass is 16.4. The Bertz CT molecular complexity index is 750. The van der Waals surface area contributed by atoms with Crippen LogP contribution in [0.5, 0.6) is 0 Å². The molecule has 3 rings (SSSR count). The lowest BCUT2D eigenvalue weighted by Gasteiger charge is -2.09. The van der Waals surface area contributed by atoms with E-state index < -0.39 is 5.97 Å². The van der Waals surface area contributed by atoms with Crippen molar-refractivity contribution in [2.75, 3.05) is 0 Å². The fourth-order valence-electron chi connectivity index (χ4n) is 2.41. The number of carboxylic acids is 1. The van der Waals surface area contributed by atoms with Crippen molar-refractivity contribution >= 4 is 11.9 Å². The van der Waals surface area contributed by atoms with E-state index in [0.717, 1.165) is 18.4 Å². The molecule has 1 aliphatic carbocycles. The molecule has 2 aromatic rings. The van der Waals surface area contributed by atoms with Crippen LogP contribution in [0.15, 0.2) is 24.5 Å². The third-order valence-corrected chi connectivity index (χ3v) is 3.71. The van der Waals surface area contributed by atoms with Crippen LogP contribution in [0, 0.1) is 6.92 Å². The van der Waals surface area contributed by atoms with Crippen molar-refractivity contribution in [2.24, 2.45) is 0 Å². The molecule has 1 aliphatic rings. The SMILES string of the molecule is Cc1cnn(CC(=O)NCc2ccc(C(=O)O)c(C3CC3)n2)c1. The van der Waals surface area contributed by atoms with E-state index in [1.807, 2.05) is 6.92 Å². The van der Waals surface area contributed by atoms with Gasteiger partial charge in [0.05, 0.1) is 29.7 Å². The third-order valence-electron chi connectivity index (χ3n) is 3.71. The molecule has 0 aliphatic heterocycles. The topological polar surface area (TPSA) is 97.1 Å². The summed E-state index contributed by atoms with van der Waals surface area (Å²) in [5, 5.41) is 16.0. The molecular weight excluding hydrogens is 296 g/mol. The minimum Gasteiger partial charge on any atom is -0.478 e. The van der Waals surface area contributed by atoms with Gasteiger partial charge in [0.1, 0.15) is 6.54 Å². The lowest BCUT2D eigenvalue weighted by molar-refractivity contribution is -0.122. The quantitative estimate of drug-likeness (QED) is 0.841. The Morgan fingerprint density at radius 1 is 1.39 bits per heavy atom. The maximum atomic E-state index is 11.9. The number of carbonyl (C=O) groups is 2. The lowest BCUT2D eigenvalue weighted by atomic mass is 10.1. The molecule has 0 aromatic carbocycles. The van der Waals surface area contributed by atoms with Gasteiger partial charge in [-0.1, -0.05) is 0 Å². The number of aromatic nitrogens is 3. The molecule has 23 heavy (non-hydrogen) atoms. The van der Waals surface area contributed by atoms with Crippen LogP contribution in [0.1, 0.15) is 46.1 Å². The molecule has 1 amide bonds. The molecule has 0 spiro atoms. The van der Waals surface area contributed by atoms with Gasteiger partial charge in [0.15, 0.2) is 0 Å². The Balaban J connectivity index is 1.62. The van der Waals surface area contributed by atoms with Gasteiger partial charge in [0.2, 0.25) is 5.91 Å². The Kier molecular flexibility index (Phi) is 4.10. The van der Waals surface area contributed by atoms with Crippen molar-refractivity contribution < 1.29 is 14.7 Å². The molecule has 2 aromatic heterocycles. The summed E-state index contributed by atoms with van der Waals surface area (Å²) in [6.07, 6.45) is 5.44. The summed E-state index contributed by atoms with van der Waals surface area (Å²) in [7, 11) is 0. The Labute approximate surface area is 133 Å². The van der Waals surface area contributed by atoms with Crippen molar-refractivity contribution in [3.05, 3.63) is 47.0 Å². The second-order valence-electron chi connectivity index (χ2n) is 5.81. The molecule has 7 heteroatoms. The number of amides is 1. The maximum Gasteiger partial charge on any atom is 0.337 e. The lowest BCUT2D eigenvalue weighted by Crippen LogP contribution is -2.27. The highest BCUT2D eigenvalue weighted by Gasteiger charge is 2.29. The number of hydrogen-bond donors (Lipinski definition) is 2. The van der Waals surface area contributed by atoms with Crippen LogP contribution in [0.25, 0.3) is 0 Å². The molecular formula is C16H18N4O3. The van der Waals surface area contributed by atoms with Gasteiger partial charge in [-0.25, -0.2) is 4.79 Å². The summed E-state index contributed by atoms with van der Waals surface area (Å²) in [5.74, 6) is -0.877. The first kappa shape index (κ1) is 15.2. The molecule has 7 nitrogen and oxygen atoms in total. The Morgan fingerprint density at radius 3 is 2.78 bits per heavy atom. The summed E-state index contributed by atoms with van der Waals surface area (Å²) in [4.78, 5) is 27.5. The van der Waals surface area contributed by atoms with Crippen LogP contribution >= 0.6 is 0 Å². The average molecular weight is 314 g/mol. The monoisotopic (exact) mass is 314 g/mol. The van der Waals surface area contributed by atoms with Gasteiger partial charge >= 0.3 is 5.97 Å². The van der Waals surface area contributed by atoms with E-state index in [1.165, 1.54) is 0 Å². The van der Waals surface area contributed by atoms with E-state index >= 15 is 0 Å². The Hall–Kier alpha value is -2.70. The molecule has 1 fully saturated rings. The van der Waals surface area contributed by atoms with Crippen LogP contribution < -0.4 is 5.32 Å². The smallest absolute Gasteiger partial charge is 0.337 e. The highest BCUT2D eigenvalue weighted by Crippen LogP contribution is 2.40. The van der Waals surface area contributed by atoms with E-state index in [0.29, 0.717) is 11.4 Å². The van der Waals surface area contributed by atoms with Crippen LogP contribution in [0.3, 0.4) is 0 Å². The van der Waals surface area contributed by atoms with Crippen LogP contribution in [0.2, 0.25) is 0 Å². The number of pyridine rings is 1. The van der Waals surface area contributed by atoms with Gasteiger partial charge in [-0.05, 0) is 37.5 Å². The zero-order valence-electron chi connectivity index (χ0n) is 12.8. The van der Waals surface area contributed by atoms with Crippen molar-refractivity contribution in [1.29, 1.82) is 0 Å². The van der Waals surface area contributed by atoms with Crippen molar-refractivity contribution in [3.63, 3.8) is 0 Å². The predicted octanol–water partition coefficient (Wildman–Crippen LogP) is 1.48. The van der Waals surface area contributed by atoms with E-state index in [-0.39, 0.29) is 30.5 Å². The number of aromatic carboxylic acids is 1. The Morgan fingerprint density at radius 2 is 2.17 bits per heavy atom. The molecule has 0 atom stereocenters. The van der Waals surface area contributed by atoms with E-state index in [1.54, 1.807) is 29.2 Å². The molecule has 0 radical (unpaired) electrons. The number of carbonyl (C=O) groups excluding carboxylic acids is 1. The first-order chi connectivity index (χ1) is 11.0. The molecule has 1 saturated carbocycles. The summed E-state index contributed by atoms with van der Waals surface area (Å²) in [6.45, 7) is 2.34. The van der Waals surface area contributed by atoms with Gasteiger partial charge in [-0.3, -0.25) is 14.5 Å². The molecule has 0 bridgehead atoms. The summed E-state index contributed by atoms with van der Waals surface area (Å²) in [6, 6.07) is 3.22. The van der Waals surface area contributed by atoms with Gasteiger partial charge in [0.25, 0.3) is 0 Å². The second kappa shape index (κ2) is 6.20. The number of carboxylic acid groups (broad SMARTS) is 1. The number of rotatable bonds is 6. The van der Waals surface area contributed by atoms with Crippen molar-refractivity contribution in [2.45, 2.75) is 38.8 Å². The fourth-order valence-corrected chi connectivity index (χ4v) is 2.41. The minimum atomic E-state index is -0.955. The summed E-state index contributed by atoms with van der Waals surface area (Å²) < 4.78 is 1.57. The zero-order valence-corrected chi connectivity index (χ0v) is 12.8. The standard InChI is InChI=1S/C16H18N4O3/c1-10-6-18-20(8-10)9-14(21)17-7-12-4-5-13(16(22)23)15(19-12)11-2-3-11/h4-6,8,11H,2-3,7,9H2,1H3,(H,17,21)(H,22,23). The van der Waals surface area contributed by atoms with Gasteiger partial charge < -0.3 is 10.4 Å². The van der Waals surface area contributed by atoms with Crippen molar-refractivity contribution in [1.82, 2.24) is 20.1 Å². The average Bonchev–Trinajstić information content (AvgIpc) is 3.28. The second-order valence-corrected chi connectivity index (χ2v) is 5.81. The zero-order chi connectivity index (χ0) is 16.4. The van der Waals surface area contributed by atoms with Crippen LogP contribution in [0.4, 0.5) is 0 Å². The number of nitrogens with zero attached hydrogens (tertiary/aromatic N) is 3. The number of hydrogen-bond acceptors (Lipinski definition) is 4. The van der Waals surface area contributed by atoms with Crippen LogP contribution in [-0.4, -0.2) is 31.7 Å². The van der Waals surface area contributed by atoms with E-state index in [9.17, 15) is 14.7 Å². The first-order valence-corrected chi connectivity index (χ1v) is 7.52. The normalized spacial score (nSPS) is 13.8. The maximum absolute atomic E-state index is 11.9. The van der Waals surface area contributed by atoms with Gasteiger partial charge in [-0.2, -0.15) is 5.10 Å². The number of aryl methyl sites for hydroxylation is 1. The summed E-state index contributed by atoms with van der Waals surface area (Å²) >= 11 is 0. The highest BCUT2D eigenvalue weighted by molar-refractivity contribution is 5.89. The van der Waals surface area contributed by atoms with Crippen LogP contribution in [-0.2, 0) is 17.9 Å². The molecule has 2 heterocycles. The van der Waals surface area contributed by atoms with E-state index in [2.05, 4.69) is 15.4 Å².